The fourth-order valence-corrected chi connectivity index (χ4v) is 5.51. The van der Waals surface area contributed by atoms with Crippen molar-refractivity contribution < 1.29 is 0 Å². The van der Waals surface area contributed by atoms with E-state index in [1.807, 2.05) is 5.92 Å². The maximum absolute atomic E-state index is 2.58. The largest absolute Gasteiger partial charge is 0.0848 e. The molecule has 3 unspecified atom stereocenters. The van der Waals surface area contributed by atoms with E-state index in [-0.39, 0.29) is 0 Å². The summed E-state index contributed by atoms with van der Waals surface area (Å²) >= 11 is 0. The minimum atomic E-state index is 0.911. The van der Waals surface area contributed by atoms with Crippen molar-refractivity contribution in [3.63, 3.8) is 0 Å². The van der Waals surface area contributed by atoms with Gasteiger partial charge in [-0.05, 0) is 54.8 Å². The summed E-state index contributed by atoms with van der Waals surface area (Å²) in [4.78, 5) is 0. The SMILES string of the molecule is C1=CC2CC1[C](C1CCCC1)C2C1CCCC1. The molecule has 0 N–H and O–H groups in total. The molecule has 2 bridgehead atoms. The van der Waals surface area contributed by atoms with Gasteiger partial charge in [0.2, 0.25) is 0 Å². The van der Waals surface area contributed by atoms with Crippen molar-refractivity contribution in [2.24, 2.45) is 29.6 Å². The Morgan fingerprint density at radius 3 is 2.29 bits per heavy atom. The Balaban J connectivity index is 1.59. The highest BCUT2D eigenvalue weighted by atomic mass is 14.5. The molecule has 3 atom stereocenters. The summed E-state index contributed by atoms with van der Waals surface area (Å²) in [5, 5.41) is 0. The van der Waals surface area contributed by atoms with E-state index in [0.29, 0.717) is 0 Å². The van der Waals surface area contributed by atoms with Crippen LogP contribution in [0.15, 0.2) is 12.2 Å². The first-order chi connectivity index (χ1) is 8.43. The third kappa shape index (κ3) is 1.63. The molecule has 1 radical (unpaired) electrons. The van der Waals surface area contributed by atoms with Gasteiger partial charge in [-0.2, -0.15) is 0 Å². The molecule has 0 heterocycles. The van der Waals surface area contributed by atoms with E-state index in [4.69, 9.17) is 0 Å². The Hall–Kier alpha value is -0.260. The lowest BCUT2D eigenvalue weighted by Crippen LogP contribution is -2.28. The van der Waals surface area contributed by atoms with Crippen LogP contribution in [0.25, 0.3) is 0 Å². The van der Waals surface area contributed by atoms with Gasteiger partial charge in [-0.25, -0.2) is 0 Å². The molecule has 93 valence electrons. The van der Waals surface area contributed by atoms with E-state index in [1.54, 1.807) is 0 Å². The molecule has 0 saturated heterocycles. The van der Waals surface area contributed by atoms with Crippen molar-refractivity contribution in [3.05, 3.63) is 18.1 Å². The molecular formula is C17H25. The van der Waals surface area contributed by atoms with E-state index in [9.17, 15) is 0 Å². The lowest BCUT2D eigenvalue weighted by atomic mass is 9.68. The predicted octanol–water partition coefficient (Wildman–Crippen LogP) is 4.76. The standard InChI is InChI=1S/C17H25/c1-2-6-12(5-1)16-14-9-10-15(11-14)17(16)13-7-3-4-8-13/h9-10,12-16H,1-8,11H2. The lowest BCUT2D eigenvalue weighted by molar-refractivity contribution is 0.277. The van der Waals surface area contributed by atoms with Crippen molar-refractivity contribution in [2.75, 3.05) is 0 Å². The molecule has 0 aromatic heterocycles. The van der Waals surface area contributed by atoms with Gasteiger partial charge in [0.25, 0.3) is 0 Å². The van der Waals surface area contributed by atoms with Crippen LogP contribution in [0.4, 0.5) is 0 Å². The van der Waals surface area contributed by atoms with Gasteiger partial charge in [0.1, 0.15) is 0 Å². The second-order valence-corrected chi connectivity index (χ2v) is 6.94. The highest BCUT2D eigenvalue weighted by Crippen LogP contribution is 2.59. The van der Waals surface area contributed by atoms with Crippen LogP contribution in [0.1, 0.15) is 57.8 Å². The summed E-state index contributed by atoms with van der Waals surface area (Å²) in [5.41, 5.74) is 0. The molecule has 0 nitrogen and oxygen atoms in total. The second-order valence-electron chi connectivity index (χ2n) is 6.94. The normalized spacial score (nSPS) is 43.2. The summed E-state index contributed by atoms with van der Waals surface area (Å²) in [6.07, 6.45) is 18.8. The van der Waals surface area contributed by atoms with Gasteiger partial charge in [0.05, 0.1) is 0 Å². The van der Waals surface area contributed by atoms with Crippen molar-refractivity contribution in [3.8, 4) is 0 Å². The van der Waals surface area contributed by atoms with Crippen LogP contribution in [0.5, 0.6) is 0 Å². The van der Waals surface area contributed by atoms with Crippen molar-refractivity contribution in [2.45, 2.75) is 57.8 Å². The van der Waals surface area contributed by atoms with Crippen LogP contribution in [0.2, 0.25) is 0 Å². The molecular weight excluding hydrogens is 204 g/mol. The molecule has 4 aliphatic carbocycles. The van der Waals surface area contributed by atoms with Gasteiger partial charge in [-0.15, -0.1) is 0 Å². The lowest BCUT2D eigenvalue weighted by Gasteiger charge is -2.36. The first-order valence-electron chi connectivity index (χ1n) is 7.98. The van der Waals surface area contributed by atoms with Crippen LogP contribution in [-0.4, -0.2) is 0 Å². The smallest absolute Gasteiger partial charge is 0.0102 e. The predicted molar refractivity (Wildman–Crippen MR) is 71.4 cm³/mol. The topological polar surface area (TPSA) is 0 Å². The van der Waals surface area contributed by atoms with Crippen LogP contribution < -0.4 is 0 Å². The first kappa shape index (κ1) is 10.6. The monoisotopic (exact) mass is 229 g/mol. The fourth-order valence-electron chi connectivity index (χ4n) is 5.51. The number of hydrogen-bond acceptors (Lipinski definition) is 0. The van der Waals surface area contributed by atoms with E-state index < -0.39 is 0 Å². The van der Waals surface area contributed by atoms with E-state index >= 15 is 0 Å². The molecule has 0 heteroatoms. The molecule has 3 fully saturated rings. The summed E-state index contributed by atoms with van der Waals surface area (Å²) in [6, 6.07) is 0. The molecule has 3 saturated carbocycles. The van der Waals surface area contributed by atoms with Crippen LogP contribution in [0, 0.1) is 35.5 Å². The number of allylic oxidation sites excluding steroid dienone is 2. The van der Waals surface area contributed by atoms with Crippen LogP contribution in [0.3, 0.4) is 0 Å². The number of hydrogen-bond donors (Lipinski definition) is 0. The Morgan fingerprint density at radius 1 is 0.824 bits per heavy atom. The van der Waals surface area contributed by atoms with Gasteiger partial charge < -0.3 is 0 Å². The molecule has 4 aliphatic rings. The minimum Gasteiger partial charge on any atom is -0.0848 e. The highest BCUT2D eigenvalue weighted by molar-refractivity contribution is 5.28. The summed E-state index contributed by atoms with van der Waals surface area (Å²) in [5.74, 6) is 7.04. The van der Waals surface area contributed by atoms with E-state index in [1.165, 1.54) is 57.8 Å². The molecule has 0 spiro atoms. The zero-order chi connectivity index (χ0) is 11.2. The molecule has 0 aromatic rings. The number of rotatable bonds is 2. The molecule has 4 rings (SSSR count). The molecule has 17 heavy (non-hydrogen) atoms. The fraction of sp³-hybridized carbons (Fsp3) is 0.824. The minimum absolute atomic E-state index is 0.911. The third-order valence-corrected chi connectivity index (χ3v) is 6.13. The second kappa shape index (κ2) is 4.14. The average Bonchev–Trinajstić information content (AvgIpc) is 3.12. The Kier molecular flexibility index (Phi) is 2.59. The molecule has 0 amide bonds. The van der Waals surface area contributed by atoms with E-state index in [0.717, 1.165) is 29.6 Å². The van der Waals surface area contributed by atoms with Gasteiger partial charge >= 0.3 is 0 Å². The van der Waals surface area contributed by atoms with E-state index in [2.05, 4.69) is 12.2 Å². The zero-order valence-corrected chi connectivity index (χ0v) is 10.9. The van der Waals surface area contributed by atoms with Crippen molar-refractivity contribution in [1.29, 1.82) is 0 Å². The van der Waals surface area contributed by atoms with Crippen LogP contribution in [-0.2, 0) is 0 Å². The quantitative estimate of drug-likeness (QED) is 0.599. The van der Waals surface area contributed by atoms with Crippen LogP contribution >= 0.6 is 0 Å². The Morgan fingerprint density at radius 2 is 1.53 bits per heavy atom. The van der Waals surface area contributed by atoms with Gasteiger partial charge in [0.15, 0.2) is 0 Å². The number of fused-ring (bicyclic) bond motifs is 2. The molecule has 0 aromatic carbocycles. The maximum atomic E-state index is 2.58. The zero-order valence-electron chi connectivity index (χ0n) is 10.9. The first-order valence-corrected chi connectivity index (χ1v) is 7.98. The highest BCUT2D eigenvalue weighted by Gasteiger charge is 2.51. The van der Waals surface area contributed by atoms with Gasteiger partial charge in [-0.1, -0.05) is 50.7 Å². The summed E-state index contributed by atoms with van der Waals surface area (Å²) in [7, 11) is 0. The summed E-state index contributed by atoms with van der Waals surface area (Å²) in [6.45, 7) is 0. The molecule has 0 aliphatic heterocycles. The maximum Gasteiger partial charge on any atom is -0.0102 e. The average molecular weight is 229 g/mol. The Labute approximate surface area is 106 Å². The summed E-state index contributed by atoms with van der Waals surface area (Å²) < 4.78 is 0. The van der Waals surface area contributed by atoms with Gasteiger partial charge in [-0.3, -0.25) is 0 Å². The van der Waals surface area contributed by atoms with Gasteiger partial charge in [0, 0.05) is 0 Å². The Bertz CT molecular complexity index is 274. The third-order valence-electron chi connectivity index (χ3n) is 6.13. The van der Waals surface area contributed by atoms with Crippen molar-refractivity contribution in [1.82, 2.24) is 0 Å². The van der Waals surface area contributed by atoms with Crippen molar-refractivity contribution >= 4 is 0 Å².